The summed E-state index contributed by atoms with van der Waals surface area (Å²) in [4.78, 5) is 3.98. The van der Waals surface area contributed by atoms with Gasteiger partial charge in [-0.1, -0.05) is 18.2 Å². The summed E-state index contributed by atoms with van der Waals surface area (Å²) in [6, 6.07) is 6.77. The molecule has 1 aromatic heterocycles. The lowest BCUT2D eigenvalue weighted by Gasteiger charge is -2.12. The van der Waals surface area contributed by atoms with Crippen LogP contribution in [0, 0.1) is 0 Å². The fraction of sp³-hybridized carbons (Fsp3) is 0.500. The van der Waals surface area contributed by atoms with Crippen LogP contribution in [-0.2, 0) is 25.8 Å². The van der Waals surface area contributed by atoms with Crippen LogP contribution in [0.15, 0.2) is 30.9 Å². The number of halogens is 2. The summed E-state index contributed by atoms with van der Waals surface area (Å²) in [7, 11) is 0. The molecule has 0 amide bonds. The van der Waals surface area contributed by atoms with E-state index >= 15 is 0 Å². The normalized spacial score (nSPS) is 11.0. The zero-order valence-electron chi connectivity index (χ0n) is 12.1. The highest BCUT2D eigenvalue weighted by molar-refractivity contribution is 6.18. The van der Waals surface area contributed by atoms with Crippen LogP contribution in [0.2, 0.25) is 0 Å². The highest BCUT2D eigenvalue weighted by Gasteiger charge is 2.05. The third-order valence-corrected chi connectivity index (χ3v) is 4.06. The average Bonchev–Trinajstić information content (AvgIpc) is 3.03. The molecule has 0 bridgehead atoms. The van der Waals surface area contributed by atoms with Crippen LogP contribution in [-0.4, -0.2) is 26.5 Å². The lowest BCUT2D eigenvalue weighted by molar-refractivity contribution is 0.610. The first-order valence-electron chi connectivity index (χ1n) is 7.38. The van der Waals surface area contributed by atoms with Gasteiger partial charge in [-0.2, -0.15) is 5.10 Å². The number of aryl methyl sites for hydroxylation is 4. The highest BCUT2D eigenvalue weighted by atomic mass is 35.5. The van der Waals surface area contributed by atoms with Crippen molar-refractivity contribution in [1.29, 1.82) is 0 Å². The van der Waals surface area contributed by atoms with E-state index in [2.05, 4.69) is 28.3 Å². The molecule has 2 aromatic rings. The molecule has 1 heterocycles. The topological polar surface area (TPSA) is 30.7 Å². The Hall–Kier alpha value is -1.06. The second-order valence-corrected chi connectivity index (χ2v) is 5.85. The molecule has 0 spiro atoms. The van der Waals surface area contributed by atoms with Crippen molar-refractivity contribution in [3.05, 3.63) is 47.5 Å². The van der Waals surface area contributed by atoms with Crippen LogP contribution in [0.4, 0.5) is 0 Å². The molecule has 0 saturated heterocycles. The van der Waals surface area contributed by atoms with Crippen LogP contribution in [0.1, 0.15) is 29.5 Å². The minimum Gasteiger partial charge on any atom is -0.253 e. The fourth-order valence-corrected chi connectivity index (χ4v) is 2.69. The first-order chi connectivity index (χ1) is 10.3. The van der Waals surface area contributed by atoms with Gasteiger partial charge in [0.2, 0.25) is 0 Å². The summed E-state index contributed by atoms with van der Waals surface area (Å²) < 4.78 is 1.87. The molecular weight excluding hydrogens is 305 g/mol. The lowest BCUT2D eigenvalue weighted by Crippen LogP contribution is -2.05. The summed E-state index contributed by atoms with van der Waals surface area (Å²) in [5.74, 6) is 1.42. The molecule has 5 heteroatoms. The third kappa shape index (κ3) is 5.33. The van der Waals surface area contributed by atoms with E-state index in [4.69, 9.17) is 23.2 Å². The third-order valence-electron chi connectivity index (χ3n) is 3.53. The molecule has 0 aliphatic heterocycles. The van der Waals surface area contributed by atoms with Crippen molar-refractivity contribution in [1.82, 2.24) is 14.8 Å². The van der Waals surface area contributed by atoms with Crippen LogP contribution in [0.5, 0.6) is 0 Å². The van der Waals surface area contributed by atoms with Crippen LogP contribution in [0.25, 0.3) is 0 Å². The smallest absolute Gasteiger partial charge is 0.137 e. The van der Waals surface area contributed by atoms with E-state index in [0.29, 0.717) is 11.8 Å². The molecule has 2 rings (SSSR count). The minimum absolute atomic E-state index is 0.703. The predicted octanol–water partition coefficient (Wildman–Crippen LogP) is 3.86. The fourth-order valence-electron chi connectivity index (χ4n) is 2.42. The number of benzene rings is 1. The predicted molar refractivity (Wildman–Crippen MR) is 88.3 cm³/mol. The Morgan fingerprint density at radius 3 is 2.48 bits per heavy atom. The zero-order valence-corrected chi connectivity index (χ0v) is 13.7. The van der Waals surface area contributed by atoms with Gasteiger partial charge in [-0.25, -0.2) is 4.98 Å². The van der Waals surface area contributed by atoms with Gasteiger partial charge in [-0.3, -0.25) is 4.68 Å². The molecule has 0 atom stereocenters. The second-order valence-electron chi connectivity index (χ2n) is 5.10. The maximum atomic E-state index is 5.85. The van der Waals surface area contributed by atoms with Crippen molar-refractivity contribution < 1.29 is 0 Å². The highest BCUT2D eigenvalue weighted by Crippen LogP contribution is 2.17. The Labute approximate surface area is 136 Å². The van der Waals surface area contributed by atoms with E-state index in [1.807, 2.05) is 4.68 Å². The van der Waals surface area contributed by atoms with Gasteiger partial charge in [-0.15, -0.1) is 23.2 Å². The Balaban J connectivity index is 2.06. The quantitative estimate of drug-likeness (QED) is 0.655. The molecule has 0 radical (unpaired) electrons. The molecule has 114 valence electrons. The van der Waals surface area contributed by atoms with Crippen LogP contribution in [0.3, 0.4) is 0 Å². The molecule has 0 aliphatic carbocycles. The minimum atomic E-state index is 0.703. The summed E-state index contributed by atoms with van der Waals surface area (Å²) in [5.41, 5.74) is 4.15. The number of hydrogen-bond acceptors (Lipinski definition) is 2. The molecule has 1 aromatic carbocycles. The lowest BCUT2D eigenvalue weighted by atomic mass is 9.96. The Bertz CT molecular complexity index is 526. The maximum Gasteiger partial charge on any atom is 0.137 e. The standard InChI is InChI=1S/C16H21Cl2N3/c17-8-1-3-14-5-6-15(16(11-14)4-2-9-18)7-10-21-13-19-12-20-21/h5-6,11-13H,1-4,7-10H2. The first-order valence-corrected chi connectivity index (χ1v) is 8.45. The second kappa shape index (κ2) is 9.06. The van der Waals surface area contributed by atoms with Gasteiger partial charge in [0.1, 0.15) is 12.7 Å². The molecule has 3 nitrogen and oxygen atoms in total. The molecule has 0 unspecified atom stereocenters. The first kappa shape index (κ1) is 16.3. The largest absolute Gasteiger partial charge is 0.253 e. The van der Waals surface area contributed by atoms with E-state index < -0.39 is 0 Å². The number of aromatic nitrogens is 3. The SMILES string of the molecule is ClCCCc1ccc(CCn2cncn2)c(CCCCl)c1. The molecule has 0 aliphatic rings. The van der Waals surface area contributed by atoms with Crippen molar-refractivity contribution in [2.45, 2.75) is 38.6 Å². The number of alkyl halides is 2. The summed E-state index contributed by atoms with van der Waals surface area (Å²) in [6.45, 7) is 0.856. The summed E-state index contributed by atoms with van der Waals surface area (Å²) >= 11 is 11.6. The number of rotatable bonds is 9. The van der Waals surface area contributed by atoms with Crippen molar-refractivity contribution in [3.63, 3.8) is 0 Å². The van der Waals surface area contributed by atoms with Gasteiger partial charge in [0.25, 0.3) is 0 Å². The number of nitrogens with zero attached hydrogens (tertiary/aromatic N) is 3. The van der Waals surface area contributed by atoms with E-state index in [1.165, 1.54) is 16.7 Å². The monoisotopic (exact) mass is 325 g/mol. The van der Waals surface area contributed by atoms with Crippen molar-refractivity contribution in [2.75, 3.05) is 11.8 Å². The molecule has 21 heavy (non-hydrogen) atoms. The van der Waals surface area contributed by atoms with Crippen LogP contribution >= 0.6 is 23.2 Å². The van der Waals surface area contributed by atoms with E-state index in [9.17, 15) is 0 Å². The van der Waals surface area contributed by atoms with Gasteiger partial charge < -0.3 is 0 Å². The number of hydrogen-bond donors (Lipinski definition) is 0. The van der Waals surface area contributed by atoms with Crippen molar-refractivity contribution in [2.24, 2.45) is 0 Å². The Morgan fingerprint density at radius 1 is 0.952 bits per heavy atom. The van der Waals surface area contributed by atoms with Gasteiger partial charge in [0.15, 0.2) is 0 Å². The average molecular weight is 326 g/mol. The van der Waals surface area contributed by atoms with Gasteiger partial charge in [0, 0.05) is 18.3 Å². The molecule has 0 fully saturated rings. The maximum absolute atomic E-state index is 5.85. The molecular formula is C16H21Cl2N3. The van der Waals surface area contributed by atoms with Crippen molar-refractivity contribution >= 4 is 23.2 Å². The molecule has 0 N–H and O–H groups in total. The Kier molecular flexibility index (Phi) is 7.04. The summed E-state index contributed by atoms with van der Waals surface area (Å²) in [5, 5.41) is 4.15. The van der Waals surface area contributed by atoms with Gasteiger partial charge in [0.05, 0.1) is 0 Å². The van der Waals surface area contributed by atoms with Crippen LogP contribution < -0.4 is 0 Å². The van der Waals surface area contributed by atoms with E-state index in [1.54, 1.807) is 12.7 Å². The van der Waals surface area contributed by atoms with Crippen molar-refractivity contribution in [3.8, 4) is 0 Å². The zero-order chi connectivity index (χ0) is 14.9. The van der Waals surface area contributed by atoms with E-state index in [-0.39, 0.29) is 0 Å². The van der Waals surface area contributed by atoms with E-state index in [0.717, 1.165) is 38.6 Å². The van der Waals surface area contributed by atoms with Gasteiger partial charge >= 0.3 is 0 Å². The molecule has 0 saturated carbocycles. The Morgan fingerprint density at radius 2 is 1.76 bits per heavy atom. The van der Waals surface area contributed by atoms with Gasteiger partial charge in [-0.05, 0) is 48.8 Å². The summed E-state index contributed by atoms with van der Waals surface area (Å²) in [6.07, 6.45) is 8.41.